The molecule has 0 fully saturated rings. The SMILES string of the molecule is Cc1ccc(N(CCO)C(=O)C[C@@H](O)C(=O)Nc2ccc(C(=N)N)cc2)cc1C(=O)N(C)C. The van der Waals surface area contributed by atoms with Crippen molar-refractivity contribution in [1.29, 1.82) is 5.41 Å². The molecule has 0 aliphatic rings. The zero-order valence-corrected chi connectivity index (χ0v) is 18.8. The number of rotatable bonds is 9. The molecule has 0 bridgehead atoms. The van der Waals surface area contributed by atoms with Crippen LogP contribution < -0.4 is 16.0 Å². The largest absolute Gasteiger partial charge is 0.395 e. The molecule has 10 heteroatoms. The van der Waals surface area contributed by atoms with Crippen LogP contribution in [-0.2, 0) is 9.59 Å². The third kappa shape index (κ3) is 6.61. The zero-order chi connectivity index (χ0) is 24.7. The van der Waals surface area contributed by atoms with E-state index < -0.39 is 24.3 Å². The number of nitrogens with zero attached hydrogens (tertiary/aromatic N) is 2. The van der Waals surface area contributed by atoms with Crippen molar-refractivity contribution in [3.8, 4) is 0 Å². The highest BCUT2D eigenvalue weighted by Crippen LogP contribution is 2.22. The van der Waals surface area contributed by atoms with Gasteiger partial charge >= 0.3 is 0 Å². The van der Waals surface area contributed by atoms with E-state index >= 15 is 0 Å². The Labute approximate surface area is 192 Å². The second-order valence-electron chi connectivity index (χ2n) is 7.67. The minimum Gasteiger partial charge on any atom is -0.395 e. The predicted molar refractivity (Wildman–Crippen MR) is 125 cm³/mol. The fourth-order valence-corrected chi connectivity index (χ4v) is 3.07. The molecule has 0 aliphatic heterocycles. The van der Waals surface area contributed by atoms with Gasteiger partial charge in [0.2, 0.25) is 5.91 Å². The van der Waals surface area contributed by atoms with Gasteiger partial charge in [0.05, 0.1) is 13.0 Å². The summed E-state index contributed by atoms with van der Waals surface area (Å²) in [7, 11) is 3.24. The number of amides is 3. The number of carbonyl (C=O) groups is 3. The number of nitrogens with one attached hydrogen (secondary N) is 2. The molecule has 0 saturated carbocycles. The van der Waals surface area contributed by atoms with E-state index in [0.717, 1.165) is 5.56 Å². The minimum atomic E-state index is -1.64. The van der Waals surface area contributed by atoms with Gasteiger partial charge in [0.25, 0.3) is 11.8 Å². The lowest BCUT2D eigenvalue weighted by Gasteiger charge is -2.24. The molecule has 0 saturated heterocycles. The highest BCUT2D eigenvalue weighted by atomic mass is 16.3. The lowest BCUT2D eigenvalue weighted by Crippen LogP contribution is -2.39. The van der Waals surface area contributed by atoms with Crippen LogP contribution in [0.3, 0.4) is 0 Å². The molecule has 0 radical (unpaired) electrons. The van der Waals surface area contributed by atoms with Crippen LogP contribution in [0.15, 0.2) is 42.5 Å². The first-order valence-electron chi connectivity index (χ1n) is 10.2. The van der Waals surface area contributed by atoms with Crippen molar-refractivity contribution in [3.63, 3.8) is 0 Å². The Balaban J connectivity index is 2.14. The molecule has 2 aromatic carbocycles. The molecule has 2 aromatic rings. The second-order valence-corrected chi connectivity index (χ2v) is 7.67. The topological polar surface area (TPSA) is 160 Å². The van der Waals surface area contributed by atoms with Crippen molar-refractivity contribution >= 4 is 34.9 Å². The number of nitrogen functional groups attached to an aromatic ring is 1. The average Bonchev–Trinajstić information content (AvgIpc) is 2.77. The van der Waals surface area contributed by atoms with Gasteiger partial charge < -0.3 is 31.1 Å². The van der Waals surface area contributed by atoms with Crippen LogP contribution in [-0.4, -0.2) is 72.0 Å². The number of aliphatic hydroxyl groups is 2. The van der Waals surface area contributed by atoms with Crippen LogP contribution in [0, 0.1) is 12.3 Å². The molecule has 10 nitrogen and oxygen atoms in total. The maximum absolute atomic E-state index is 12.9. The lowest BCUT2D eigenvalue weighted by atomic mass is 10.1. The first kappa shape index (κ1) is 25.5. The fourth-order valence-electron chi connectivity index (χ4n) is 3.07. The summed E-state index contributed by atoms with van der Waals surface area (Å²) in [6.07, 6.45) is -2.16. The molecule has 0 unspecified atom stereocenters. The maximum Gasteiger partial charge on any atom is 0.253 e. The summed E-state index contributed by atoms with van der Waals surface area (Å²) in [5.41, 5.74) is 7.74. The van der Waals surface area contributed by atoms with Gasteiger partial charge in [0, 0.05) is 43.1 Å². The molecule has 33 heavy (non-hydrogen) atoms. The van der Waals surface area contributed by atoms with Crippen molar-refractivity contribution in [3.05, 3.63) is 59.2 Å². The summed E-state index contributed by atoms with van der Waals surface area (Å²) in [5, 5.41) is 29.6. The summed E-state index contributed by atoms with van der Waals surface area (Å²) in [4.78, 5) is 40.3. The summed E-state index contributed by atoms with van der Waals surface area (Å²) in [5.74, 6) is -1.73. The standard InChI is InChI=1S/C23H29N5O5/c1-14-4-9-17(12-18(14)23(33)27(2)3)28(10-11-29)20(31)13-19(30)22(32)26-16-7-5-15(6-8-16)21(24)25/h4-9,12,19,29-30H,10-11,13H2,1-3H3,(H3,24,25)(H,26,32)/t19-/m1/s1. The van der Waals surface area contributed by atoms with Crippen LogP contribution >= 0.6 is 0 Å². The van der Waals surface area contributed by atoms with E-state index in [9.17, 15) is 24.6 Å². The number of aryl methyl sites for hydroxylation is 1. The first-order valence-corrected chi connectivity index (χ1v) is 10.2. The van der Waals surface area contributed by atoms with E-state index in [-0.39, 0.29) is 24.9 Å². The van der Waals surface area contributed by atoms with E-state index in [4.69, 9.17) is 11.1 Å². The van der Waals surface area contributed by atoms with E-state index in [0.29, 0.717) is 22.5 Å². The third-order valence-electron chi connectivity index (χ3n) is 4.93. The van der Waals surface area contributed by atoms with Crippen LogP contribution in [0.25, 0.3) is 0 Å². The fraction of sp³-hybridized carbons (Fsp3) is 0.304. The Hall–Kier alpha value is -3.76. The number of hydrogen-bond donors (Lipinski definition) is 5. The van der Waals surface area contributed by atoms with Gasteiger partial charge in [-0.1, -0.05) is 6.07 Å². The number of anilines is 2. The van der Waals surface area contributed by atoms with Gasteiger partial charge in [-0.25, -0.2) is 0 Å². The van der Waals surface area contributed by atoms with Gasteiger partial charge in [0.15, 0.2) is 0 Å². The Morgan fingerprint density at radius 1 is 1.12 bits per heavy atom. The van der Waals surface area contributed by atoms with Gasteiger partial charge in [-0.15, -0.1) is 0 Å². The zero-order valence-electron chi connectivity index (χ0n) is 18.8. The third-order valence-corrected chi connectivity index (χ3v) is 4.93. The number of aliphatic hydroxyl groups excluding tert-OH is 2. The van der Waals surface area contributed by atoms with Crippen molar-refractivity contribution in [1.82, 2.24) is 4.90 Å². The Morgan fingerprint density at radius 2 is 1.76 bits per heavy atom. The number of nitrogens with two attached hydrogens (primary N) is 1. The molecule has 0 aromatic heterocycles. The molecule has 2 rings (SSSR count). The van der Waals surface area contributed by atoms with Gasteiger partial charge in [-0.3, -0.25) is 19.8 Å². The van der Waals surface area contributed by atoms with Gasteiger partial charge in [0.1, 0.15) is 11.9 Å². The monoisotopic (exact) mass is 455 g/mol. The Morgan fingerprint density at radius 3 is 2.30 bits per heavy atom. The normalized spacial score (nSPS) is 11.4. The predicted octanol–water partition coefficient (Wildman–Crippen LogP) is 0.696. The Kier molecular flexibility index (Phi) is 8.66. The van der Waals surface area contributed by atoms with Crippen LogP contribution in [0.1, 0.15) is 27.9 Å². The van der Waals surface area contributed by atoms with Crippen molar-refractivity contribution < 1.29 is 24.6 Å². The minimum absolute atomic E-state index is 0.0711. The van der Waals surface area contributed by atoms with E-state index in [1.54, 1.807) is 51.4 Å². The molecular weight excluding hydrogens is 426 g/mol. The number of carbonyl (C=O) groups excluding carboxylic acids is 3. The van der Waals surface area contributed by atoms with Gasteiger partial charge in [-0.2, -0.15) is 0 Å². The van der Waals surface area contributed by atoms with Gasteiger partial charge in [-0.05, 0) is 48.9 Å². The van der Waals surface area contributed by atoms with E-state index in [2.05, 4.69) is 5.32 Å². The van der Waals surface area contributed by atoms with Crippen molar-refractivity contribution in [2.45, 2.75) is 19.4 Å². The highest BCUT2D eigenvalue weighted by Gasteiger charge is 2.25. The maximum atomic E-state index is 12.9. The summed E-state index contributed by atoms with van der Waals surface area (Å²) in [6.45, 7) is 1.36. The molecule has 176 valence electrons. The average molecular weight is 456 g/mol. The summed E-state index contributed by atoms with van der Waals surface area (Å²) < 4.78 is 0. The molecule has 0 spiro atoms. The van der Waals surface area contributed by atoms with Crippen LogP contribution in [0.2, 0.25) is 0 Å². The quantitative estimate of drug-likeness (QED) is 0.276. The van der Waals surface area contributed by atoms with Crippen LogP contribution in [0.4, 0.5) is 11.4 Å². The number of benzene rings is 2. The van der Waals surface area contributed by atoms with E-state index in [1.807, 2.05) is 0 Å². The molecule has 0 heterocycles. The molecule has 6 N–H and O–H groups in total. The molecule has 0 aliphatic carbocycles. The second kappa shape index (κ2) is 11.2. The van der Waals surface area contributed by atoms with Crippen molar-refractivity contribution in [2.75, 3.05) is 37.5 Å². The van der Waals surface area contributed by atoms with E-state index in [1.165, 1.54) is 21.9 Å². The smallest absolute Gasteiger partial charge is 0.253 e. The van der Waals surface area contributed by atoms with Crippen LogP contribution in [0.5, 0.6) is 0 Å². The van der Waals surface area contributed by atoms with Crippen molar-refractivity contribution in [2.24, 2.45) is 5.73 Å². The summed E-state index contributed by atoms with van der Waals surface area (Å²) in [6, 6.07) is 11.0. The lowest BCUT2D eigenvalue weighted by molar-refractivity contribution is -0.129. The first-order chi connectivity index (χ1) is 15.5. The molecular formula is C23H29N5O5. The Bertz CT molecular complexity index is 1040. The number of amidine groups is 1. The highest BCUT2D eigenvalue weighted by molar-refractivity contribution is 6.02. The number of hydrogen-bond acceptors (Lipinski definition) is 6. The molecule has 1 atom stereocenters. The molecule has 3 amide bonds. The summed E-state index contributed by atoms with van der Waals surface area (Å²) >= 11 is 0.